The molecule has 4 aliphatic rings. The maximum Gasteiger partial charge on any atom is 0.134 e. The van der Waals surface area contributed by atoms with Crippen LogP contribution in [-0.4, -0.2) is 6.04 Å². The quantitative estimate of drug-likeness (QED) is 0.765. The first-order valence-corrected chi connectivity index (χ1v) is 10.1. The zero-order chi connectivity index (χ0) is 16.9. The predicted molar refractivity (Wildman–Crippen MR) is 101 cm³/mol. The van der Waals surface area contributed by atoms with Crippen LogP contribution in [0, 0.1) is 23.2 Å². The van der Waals surface area contributed by atoms with Gasteiger partial charge in [-0.15, -0.1) is 0 Å². The van der Waals surface area contributed by atoms with E-state index >= 15 is 0 Å². The molecule has 1 heterocycles. The molecular weight excluding hydrogens is 306 g/mol. The molecular formula is C23H29NO. The number of nitrogens with one attached hydrogen (secondary N) is 1. The van der Waals surface area contributed by atoms with Crippen molar-refractivity contribution in [2.24, 2.45) is 23.2 Å². The van der Waals surface area contributed by atoms with E-state index in [9.17, 15) is 0 Å². The Hall–Kier alpha value is -1.54. The lowest BCUT2D eigenvalue weighted by Gasteiger charge is -2.59. The molecule has 1 aromatic carbocycles. The molecule has 1 aromatic heterocycles. The van der Waals surface area contributed by atoms with Crippen LogP contribution >= 0.6 is 0 Å². The largest absolute Gasteiger partial charge is 0.460 e. The van der Waals surface area contributed by atoms with Gasteiger partial charge < -0.3 is 9.73 Å². The van der Waals surface area contributed by atoms with Crippen LogP contribution in [0.25, 0.3) is 11.3 Å². The van der Waals surface area contributed by atoms with Crippen LogP contribution in [0.2, 0.25) is 0 Å². The van der Waals surface area contributed by atoms with Gasteiger partial charge in [0, 0.05) is 11.6 Å². The zero-order valence-corrected chi connectivity index (χ0v) is 15.2. The van der Waals surface area contributed by atoms with E-state index in [2.05, 4.69) is 48.6 Å². The second-order valence-corrected chi connectivity index (χ2v) is 9.01. The minimum atomic E-state index is 0.559. The summed E-state index contributed by atoms with van der Waals surface area (Å²) in [7, 11) is 0. The Bertz CT molecular complexity index is 696. The lowest BCUT2D eigenvalue weighted by molar-refractivity contribution is -0.0708. The average Bonchev–Trinajstić information content (AvgIpc) is 3.08. The molecule has 4 fully saturated rings. The zero-order valence-electron chi connectivity index (χ0n) is 15.2. The molecule has 0 radical (unpaired) electrons. The molecule has 4 bridgehead atoms. The number of furan rings is 1. The Kier molecular flexibility index (Phi) is 3.78. The second kappa shape index (κ2) is 6.02. The maximum absolute atomic E-state index is 6.08. The second-order valence-electron chi connectivity index (χ2n) is 9.01. The van der Waals surface area contributed by atoms with E-state index < -0.39 is 0 Å². The fourth-order valence-electron chi connectivity index (χ4n) is 6.41. The van der Waals surface area contributed by atoms with Crippen LogP contribution in [0.3, 0.4) is 0 Å². The average molecular weight is 335 g/mol. The summed E-state index contributed by atoms with van der Waals surface area (Å²) in [5.41, 5.74) is 1.71. The van der Waals surface area contributed by atoms with E-state index in [0.29, 0.717) is 11.5 Å². The number of hydrogen-bond acceptors (Lipinski definition) is 2. The van der Waals surface area contributed by atoms with E-state index in [1.807, 2.05) is 6.07 Å². The van der Waals surface area contributed by atoms with Crippen molar-refractivity contribution < 1.29 is 4.42 Å². The van der Waals surface area contributed by atoms with Crippen molar-refractivity contribution in [3.63, 3.8) is 0 Å². The van der Waals surface area contributed by atoms with E-state index in [1.165, 1.54) is 38.5 Å². The van der Waals surface area contributed by atoms with Crippen LogP contribution in [-0.2, 0) is 6.54 Å². The molecule has 6 rings (SSSR count). The third-order valence-electron chi connectivity index (χ3n) is 7.31. The normalized spacial score (nSPS) is 34.4. The molecule has 1 N–H and O–H groups in total. The van der Waals surface area contributed by atoms with Gasteiger partial charge in [0.05, 0.1) is 6.54 Å². The van der Waals surface area contributed by atoms with Gasteiger partial charge in [0.15, 0.2) is 0 Å². The highest BCUT2D eigenvalue weighted by molar-refractivity contribution is 5.57. The summed E-state index contributed by atoms with van der Waals surface area (Å²) in [5, 5.41) is 3.83. The molecule has 132 valence electrons. The molecule has 0 aliphatic heterocycles. The summed E-state index contributed by atoms with van der Waals surface area (Å²) >= 11 is 0. The van der Waals surface area contributed by atoms with Crippen LogP contribution < -0.4 is 5.32 Å². The highest BCUT2D eigenvalue weighted by atomic mass is 16.3. The highest BCUT2D eigenvalue weighted by Gasteiger charge is 2.52. The summed E-state index contributed by atoms with van der Waals surface area (Å²) in [6.07, 6.45) is 8.93. The summed E-state index contributed by atoms with van der Waals surface area (Å²) < 4.78 is 6.08. The van der Waals surface area contributed by atoms with Crippen LogP contribution in [0.1, 0.15) is 51.2 Å². The minimum absolute atomic E-state index is 0.559. The van der Waals surface area contributed by atoms with Crippen molar-refractivity contribution in [1.82, 2.24) is 5.32 Å². The van der Waals surface area contributed by atoms with Crippen molar-refractivity contribution >= 4 is 0 Å². The van der Waals surface area contributed by atoms with Gasteiger partial charge in [-0.3, -0.25) is 0 Å². The Balaban J connectivity index is 1.25. The fourth-order valence-corrected chi connectivity index (χ4v) is 6.41. The smallest absolute Gasteiger partial charge is 0.134 e. The van der Waals surface area contributed by atoms with Crippen molar-refractivity contribution in [1.29, 1.82) is 0 Å². The SMILES string of the molecule is CC(NCc1ccc(-c2ccccc2)o1)C12CC3CC(CC(C3)C1)C2. The minimum Gasteiger partial charge on any atom is -0.460 e. The van der Waals surface area contributed by atoms with E-state index in [1.54, 1.807) is 0 Å². The highest BCUT2D eigenvalue weighted by Crippen LogP contribution is 2.61. The Morgan fingerprint density at radius 2 is 1.60 bits per heavy atom. The van der Waals surface area contributed by atoms with Gasteiger partial charge >= 0.3 is 0 Å². The van der Waals surface area contributed by atoms with Crippen LogP contribution in [0.15, 0.2) is 46.9 Å². The molecule has 4 aliphatic carbocycles. The third-order valence-corrected chi connectivity index (χ3v) is 7.31. The Morgan fingerprint density at radius 1 is 0.960 bits per heavy atom. The molecule has 1 unspecified atom stereocenters. The summed E-state index contributed by atoms with van der Waals surface area (Å²) in [4.78, 5) is 0. The molecule has 0 amide bonds. The molecule has 2 heteroatoms. The first kappa shape index (κ1) is 15.7. The van der Waals surface area contributed by atoms with Crippen molar-refractivity contribution in [2.75, 3.05) is 0 Å². The van der Waals surface area contributed by atoms with Crippen LogP contribution in [0.5, 0.6) is 0 Å². The van der Waals surface area contributed by atoms with Crippen LogP contribution in [0.4, 0.5) is 0 Å². The first-order chi connectivity index (χ1) is 12.2. The monoisotopic (exact) mass is 335 g/mol. The summed E-state index contributed by atoms with van der Waals surface area (Å²) in [6.45, 7) is 3.27. The number of rotatable bonds is 5. The molecule has 0 saturated heterocycles. The third kappa shape index (κ3) is 2.85. The number of benzene rings is 1. The van der Waals surface area contributed by atoms with Gasteiger partial charge in [-0.2, -0.15) is 0 Å². The maximum atomic E-state index is 6.08. The lowest BCUT2D eigenvalue weighted by atomic mass is 9.48. The summed E-state index contributed by atoms with van der Waals surface area (Å²) in [5.74, 6) is 5.08. The Labute approximate surface area is 151 Å². The molecule has 2 aromatic rings. The molecule has 2 nitrogen and oxygen atoms in total. The first-order valence-electron chi connectivity index (χ1n) is 10.1. The molecule has 1 atom stereocenters. The fraction of sp³-hybridized carbons (Fsp3) is 0.565. The number of hydrogen-bond donors (Lipinski definition) is 1. The van der Waals surface area contributed by atoms with E-state index in [0.717, 1.165) is 41.4 Å². The molecule has 25 heavy (non-hydrogen) atoms. The van der Waals surface area contributed by atoms with Gasteiger partial charge in [0.25, 0.3) is 0 Å². The van der Waals surface area contributed by atoms with Gasteiger partial charge in [-0.1, -0.05) is 30.3 Å². The van der Waals surface area contributed by atoms with Gasteiger partial charge in [-0.25, -0.2) is 0 Å². The van der Waals surface area contributed by atoms with Crippen molar-refractivity contribution in [3.8, 4) is 11.3 Å². The van der Waals surface area contributed by atoms with Gasteiger partial charge in [0.1, 0.15) is 11.5 Å². The molecule has 0 spiro atoms. The summed E-state index contributed by atoms with van der Waals surface area (Å²) in [6, 6.07) is 15.2. The predicted octanol–water partition coefficient (Wildman–Crippen LogP) is 5.64. The topological polar surface area (TPSA) is 25.2 Å². The van der Waals surface area contributed by atoms with Crippen molar-refractivity contribution in [2.45, 2.75) is 58.0 Å². The molecule has 4 saturated carbocycles. The van der Waals surface area contributed by atoms with Crippen molar-refractivity contribution in [3.05, 3.63) is 48.2 Å². The lowest BCUT2D eigenvalue weighted by Crippen LogP contribution is -2.54. The van der Waals surface area contributed by atoms with E-state index in [-0.39, 0.29) is 0 Å². The van der Waals surface area contributed by atoms with Gasteiger partial charge in [0.2, 0.25) is 0 Å². The van der Waals surface area contributed by atoms with Gasteiger partial charge in [-0.05, 0) is 80.8 Å². The Morgan fingerprint density at radius 3 is 2.24 bits per heavy atom. The van der Waals surface area contributed by atoms with E-state index in [4.69, 9.17) is 4.42 Å². The standard InChI is InChI=1S/C23H29NO/c1-16(23-12-17-9-18(13-23)11-19(10-17)14-23)24-15-21-7-8-22(25-21)20-5-3-2-4-6-20/h2-8,16-19,24H,9-15H2,1H3.